The van der Waals surface area contributed by atoms with Crippen molar-refractivity contribution in [1.82, 2.24) is 0 Å². The van der Waals surface area contributed by atoms with Crippen molar-refractivity contribution in [2.45, 2.75) is 55.4 Å². The standard InChI is InChI=1S/C22H36N2/c1-15(2)12-21(17(5)6)23-19-10-9-11-20(14-19)24-22(18(7)8)13-16(3)4/h9-18,23-24H,1-8H3. The first-order valence-electron chi connectivity index (χ1n) is 9.26. The summed E-state index contributed by atoms with van der Waals surface area (Å²) in [6.07, 6.45) is 4.62. The summed E-state index contributed by atoms with van der Waals surface area (Å²) >= 11 is 0. The topological polar surface area (TPSA) is 24.1 Å². The summed E-state index contributed by atoms with van der Waals surface area (Å²) in [5, 5.41) is 7.19. The van der Waals surface area contributed by atoms with Crippen molar-refractivity contribution in [3.63, 3.8) is 0 Å². The van der Waals surface area contributed by atoms with Crippen molar-refractivity contribution in [1.29, 1.82) is 0 Å². The highest BCUT2D eigenvalue weighted by atomic mass is 14.9. The second-order valence-corrected chi connectivity index (χ2v) is 7.87. The highest BCUT2D eigenvalue weighted by Gasteiger charge is 2.08. The molecule has 0 spiro atoms. The molecule has 0 saturated heterocycles. The smallest absolute Gasteiger partial charge is 0.0402 e. The lowest BCUT2D eigenvalue weighted by Gasteiger charge is -2.19. The van der Waals surface area contributed by atoms with Crippen LogP contribution in [0.5, 0.6) is 0 Å². The lowest BCUT2D eigenvalue weighted by atomic mass is 10.0. The Hall–Kier alpha value is -1.70. The summed E-state index contributed by atoms with van der Waals surface area (Å²) in [7, 11) is 0. The van der Waals surface area contributed by atoms with Gasteiger partial charge in [-0.25, -0.2) is 0 Å². The van der Waals surface area contributed by atoms with Crippen LogP contribution in [0.15, 0.2) is 47.8 Å². The lowest BCUT2D eigenvalue weighted by molar-refractivity contribution is 0.734. The van der Waals surface area contributed by atoms with Crippen LogP contribution in [0.3, 0.4) is 0 Å². The van der Waals surface area contributed by atoms with Gasteiger partial charge in [-0.3, -0.25) is 0 Å². The molecule has 0 fully saturated rings. The van der Waals surface area contributed by atoms with E-state index in [2.05, 4.69) is 102 Å². The Bertz CT molecular complexity index is 516. The minimum Gasteiger partial charge on any atom is -0.359 e. The van der Waals surface area contributed by atoms with Gasteiger partial charge in [0, 0.05) is 22.8 Å². The summed E-state index contributed by atoms with van der Waals surface area (Å²) < 4.78 is 0. The molecule has 0 heterocycles. The molecule has 1 aromatic rings. The summed E-state index contributed by atoms with van der Waals surface area (Å²) in [4.78, 5) is 0. The second kappa shape index (κ2) is 9.56. The van der Waals surface area contributed by atoms with Crippen LogP contribution in [0.1, 0.15) is 55.4 Å². The molecule has 0 unspecified atom stereocenters. The minimum absolute atomic E-state index is 0.482. The maximum Gasteiger partial charge on any atom is 0.0402 e. The van der Waals surface area contributed by atoms with Crippen molar-refractivity contribution in [2.24, 2.45) is 23.7 Å². The molecule has 0 radical (unpaired) electrons. The summed E-state index contributed by atoms with van der Waals surface area (Å²) in [6, 6.07) is 8.55. The summed E-state index contributed by atoms with van der Waals surface area (Å²) in [5.74, 6) is 2.04. The molecule has 0 aliphatic heterocycles. The highest BCUT2D eigenvalue weighted by molar-refractivity contribution is 5.61. The van der Waals surface area contributed by atoms with Crippen molar-refractivity contribution in [2.75, 3.05) is 10.6 Å². The van der Waals surface area contributed by atoms with Crippen LogP contribution in [0, 0.1) is 23.7 Å². The van der Waals surface area contributed by atoms with Crippen LogP contribution >= 0.6 is 0 Å². The van der Waals surface area contributed by atoms with Crippen LogP contribution in [-0.4, -0.2) is 0 Å². The number of allylic oxidation sites excluding steroid dienone is 4. The van der Waals surface area contributed by atoms with Crippen LogP contribution in [0.2, 0.25) is 0 Å². The average molecular weight is 329 g/mol. The Labute approximate surface area is 149 Å². The molecule has 0 aliphatic carbocycles. The first kappa shape index (κ1) is 20.3. The molecule has 134 valence electrons. The quantitative estimate of drug-likeness (QED) is 0.542. The van der Waals surface area contributed by atoms with Gasteiger partial charge in [0.15, 0.2) is 0 Å². The third-order valence-electron chi connectivity index (χ3n) is 3.71. The minimum atomic E-state index is 0.482. The molecule has 0 saturated carbocycles. The van der Waals surface area contributed by atoms with Gasteiger partial charge < -0.3 is 10.6 Å². The molecule has 2 nitrogen and oxygen atoms in total. The highest BCUT2D eigenvalue weighted by Crippen LogP contribution is 2.23. The molecule has 0 aliphatic rings. The molecule has 24 heavy (non-hydrogen) atoms. The summed E-state index contributed by atoms with van der Waals surface area (Å²) in [5.41, 5.74) is 4.83. The molecule has 0 aromatic heterocycles. The molecule has 0 atom stereocenters. The Morgan fingerprint density at radius 2 is 1.08 bits per heavy atom. The Kier molecular flexibility index (Phi) is 8.10. The SMILES string of the molecule is CC(C)C=C(Nc1cccc(NC(=CC(C)C)C(C)C)c1)C(C)C. The van der Waals surface area contributed by atoms with E-state index in [1.165, 1.54) is 11.4 Å². The fraction of sp³-hybridized carbons (Fsp3) is 0.545. The molecular formula is C22H36N2. The van der Waals surface area contributed by atoms with Crippen molar-refractivity contribution in [3.8, 4) is 0 Å². The van der Waals surface area contributed by atoms with Gasteiger partial charge >= 0.3 is 0 Å². The van der Waals surface area contributed by atoms with E-state index >= 15 is 0 Å². The predicted octanol–water partition coefficient (Wildman–Crippen LogP) is 6.90. The van der Waals surface area contributed by atoms with Gasteiger partial charge in [-0.05, 0) is 41.9 Å². The van der Waals surface area contributed by atoms with E-state index in [0.717, 1.165) is 11.4 Å². The van der Waals surface area contributed by atoms with Gasteiger partial charge in [-0.2, -0.15) is 0 Å². The second-order valence-electron chi connectivity index (χ2n) is 7.87. The van der Waals surface area contributed by atoms with E-state index in [0.29, 0.717) is 23.7 Å². The largest absolute Gasteiger partial charge is 0.359 e. The molecular weight excluding hydrogens is 292 g/mol. The van der Waals surface area contributed by atoms with E-state index < -0.39 is 0 Å². The third kappa shape index (κ3) is 7.25. The predicted molar refractivity (Wildman–Crippen MR) is 109 cm³/mol. The number of benzene rings is 1. The molecule has 1 rings (SSSR count). The molecule has 1 aromatic carbocycles. The van der Waals surface area contributed by atoms with Gasteiger partial charge in [-0.15, -0.1) is 0 Å². The number of rotatable bonds is 8. The van der Waals surface area contributed by atoms with Crippen LogP contribution < -0.4 is 10.6 Å². The number of hydrogen-bond acceptors (Lipinski definition) is 2. The fourth-order valence-corrected chi connectivity index (χ4v) is 2.48. The zero-order chi connectivity index (χ0) is 18.3. The normalized spacial score (nSPS) is 13.3. The number of nitrogens with one attached hydrogen (secondary N) is 2. The fourth-order valence-electron chi connectivity index (χ4n) is 2.48. The van der Waals surface area contributed by atoms with Crippen LogP contribution in [-0.2, 0) is 0 Å². The van der Waals surface area contributed by atoms with E-state index in [1.807, 2.05) is 0 Å². The first-order valence-corrected chi connectivity index (χ1v) is 9.26. The van der Waals surface area contributed by atoms with E-state index in [4.69, 9.17) is 0 Å². The van der Waals surface area contributed by atoms with Crippen molar-refractivity contribution < 1.29 is 0 Å². The Morgan fingerprint density at radius 3 is 1.38 bits per heavy atom. The molecule has 0 amide bonds. The van der Waals surface area contributed by atoms with Crippen molar-refractivity contribution in [3.05, 3.63) is 47.8 Å². The van der Waals surface area contributed by atoms with Crippen LogP contribution in [0.4, 0.5) is 11.4 Å². The van der Waals surface area contributed by atoms with Crippen LogP contribution in [0.25, 0.3) is 0 Å². The molecule has 0 bridgehead atoms. The van der Waals surface area contributed by atoms with Gasteiger partial charge in [-0.1, -0.05) is 73.6 Å². The average Bonchev–Trinajstić information content (AvgIpc) is 2.45. The zero-order valence-corrected chi connectivity index (χ0v) is 16.8. The molecule has 2 heteroatoms. The van der Waals surface area contributed by atoms with Gasteiger partial charge in [0.25, 0.3) is 0 Å². The van der Waals surface area contributed by atoms with Gasteiger partial charge in [0.1, 0.15) is 0 Å². The number of anilines is 2. The monoisotopic (exact) mass is 328 g/mol. The maximum atomic E-state index is 3.60. The molecule has 2 N–H and O–H groups in total. The summed E-state index contributed by atoms with van der Waals surface area (Å²) in [6.45, 7) is 17.8. The van der Waals surface area contributed by atoms with Gasteiger partial charge in [0.2, 0.25) is 0 Å². The lowest BCUT2D eigenvalue weighted by Crippen LogP contribution is -2.09. The van der Waals surface area contributed by atoms with E-state index in [-0.39, 0.29) is 0 Å². The number of hydrogen-bond donors (Lipinski definition) is 2. The Balaban J connectivity index is 2.97. The van der Waals surface area contributed by atoms with Crippen molar-refractivity contribution >= 4 is 11.4 Å². The zero-order valence-electron chi connectivity index (χ0n) is 16.8. The van der Waals surface area contributed by atoms with E-state index in [1.54, 1.807) is 0 Å². The third-order valence-corrected chi connectivity index (χ3v) is 3.71. The van der Waals surface area contributed by atoms with E-state index in [9.17, 15) is 0 Å². The van der Waals surface area contributed by atoms with Gasteiger partial charge in [0.05, 0.1) is 0 Å². The first-order chi connectivity index (χ1) is 11.2. The maximum absolute atomic E-state index is 3.60. The Morgan fingerprint density at radius 1 is 0.708 bits per heavy atom.